The summed E-state index contributed by atoms with van der Waals surface area (Å²) in [5.74, 6) is -1.06. The Labute approximate surface area is 131 Å². The van der Waals surface area contributed by atoms with Gasteiger partial charge in [-0.15, -0.1) is 13.2 Å². The van der Waals surface area contributed by atoms with Gasteiger partial charge in [-0.25, -0.2) is 8.42 Å². The van der Waals surface area contributed by atoms with Crippen LogP contribution >= 0.6 is 0 Å². The molecule has 0 bridgehead atoms. The smallest absolute Gasteiger partial charge is 0.304 e. The number of hydrogen-bond donors (Lipinski definition) is 1. The van der Waals surface area contributed by atoms with Crippen LogP contribution in [0.2, 0.25) is 0 Å². The highest BCUT2D eigenvalue weighted by atomic mass is 32.2. The lowest BCUT2D eigenvalue weighted by Crippen LogP contribution is -2.41. The number of rotatable bonds is 9. The van der Waals surface area contributed by atoms with Gasteiger partial charge in [-0.3, -0.25) is 4.79 Å². The van der Waals surface area contributed by atoms with Gasteiger partial charge in [-0.2, -0.15) is 4.31 Å². The topological polar surface area (TPSA) is 74.7 Å². The van der Waals surface area contributed by atoms with Gasteiger partial charge < -0.3 is 5.11 Å². The van der Waals surface area contributed by atoms with Gasteiger partial charge in [0.25, 0.3) is 0 Å². The van der Waals surface area contributed by atoms with Gasteiger partial charge in [-0.1, -0.05) is 29.8 Å². The van der Waals surface area contributed by atoms with E-state index in [4.69, 9.17) is 5.11 Å². The monoisotopic (exact) mass is 323 g/mol. The van der Waals surface area contributed by atoms with Crippen molar-refractivity contribution >= 4 is 16.0 Å². The van der Waals surface area contributed by atoms with Crippen molar-refractivity contribution in [1.82, 2.24) is 4.31 Å². The Morgan fingerprint density at radius 1 is 1.27 bits per heavy atom. The van der Waals surface area contributed by atoms with E-state index < -0.39 is 22.0 Å². The lowest BCUT2D eigenvalue weighted by atomic mass is 10.1. The molecule has 0 spiro atoms. The third kappa shape index (κ3) is 4.54. The SMILES string of the molecule is C=CCC(CC(=O)O)N(CC=C)S(=O)(=O)c1ccc(C)cc1. The van der Waals surface area contributed by atoms with Crippen molar-refractivity contribution in [3.8, 4) is 0 Å². The normalized spacial score (nSPS) is 12.8. The Bertz CT molecular complexity index is 635. The Kier molecular flexibility index (Phi) is 6.52. The zero-order valence-corrected chi connectivity index (χ0v) is 13.4. The summed E-state index contributed by atoms with van der Waals surface area (Å²) >= 11 is 0. The fourth-order valence-corrected chi connectivity index (χ4v) is 3.72. The number of nitrogens with zero attached hydrogens (tertiary/aromatic N) is 1. The van der Waals surface area contributed by atoms with Crippen molar-refractivity contribution in [3.63, 3.8) is 0 Å². The van der Waals surface area contributed by atoms with E-state index in [1.54, 1.807) is 12.1 Å². The van der Waals surface area contributed by atoms with E-state index >= 15 is 0 Å². The highest BCUT2D eigenvalue weighted by Gasteiger charge is 2.31. The predicted molar refractivity (Wildman–Crippen MR) is 86.1 cm³/mol. The van der Waals surface area contributed by atoms with Crippen molar-refractivity contribution < 1.29 is 18.3 Å². The summed E-state index contributed by atoms with van der Waals surface area (Å²) in [6.45, 7) is 9.05. The molecule has 1 atom stereocenters. The largest absolute Gasteiger partial charge is 0.481 e. The predicted octanol–water partition coefficient (Wildman–Crippen LogP) is 2.59. The lowest BCUT2D eigenvalue weighted by molar-refractivity contribution is -0.137. The first-order valence-electron chi connectivity index (χ1n) is 6.85. The Morgan fingerprint density at radius 2 is 1.86 bits per heavy atom. The van der Waals surface area contributed by atoms with Crippen LogP contribution in [-0.2, 0) is 14.8 Å². The molecule has 0 aliphatic heterocycles. The van der Waals surface area contributed by atoms with Crippen LogP contribution in [0.15, 0.2) is 54.5 Å². The maximum absolute atomic E-state index is 12.8. The van der Waals surface area contributed by atoms with Crippen molar-refractivity contribution in [2.45, 2.75) is 30.7 Å². The molecule has 0 aliphatic carbocycles. The van der Waals surface area contributed by atoms with Gasteiger partial charge in [0, 0.05) is 12.6 Å². The number of aryl methyl sites for hydroxylation is 1. The van der Waals surface area contributed by atoms with E-state index in [2.05, 4.69) is 13.2 Å². The number of hydrogen-bond acceptors (Lipinski definition) is 3. The van der Waals surface area contributed by atoms with Crippen molar-refractivity contribution in [2.24, 2.45) is 0 Å². The summed E-state index contributed by atoms with van der Waals surface area (Å²) in [5, 5.41) is 9.02. The molecule has 6 heteroatoms. The molecule has 1 aromatic carbocycles. The van der Waals surface area contributed by atoms with Crippen LogP contribution in [0.3, 0.4) is 0 Å². The zero-order valence-electron chi connectivity index (χ0n) is 12.6. The maximum Gasteiger partial charge on any atom is 0.304 e. The van der Waals surface area contributed by atoms with Crippen LogP contribution in [0.5, 0.6) is 0 Å². The molecule has 1 N–H and O–H groups in total. The molecular formula is C16H21NO4S. The van der Waals surface area contributed by atoms with Gasteiger partial charge >= 0.3 is 5.97 Å². The van der Waals surface area contributed by atoms with Crippen molar-refractivity contribution in [2.75, 3.05) is 6.54 Å². The summed E-state index contributed by atoms with van der Waals surface area (Å²) in [6, 6.07) is 5.76. The minimum absolute atomic E-state index is 0.0436. The van der Waals surface area contributed by atoms with E-state index in [9.17, 15) is 13.2 Å². The summed E-state index contributed by atoms with van der Waals surface area (Å²) in [4.78, 5) is 11.2. The van der Waals surface area contributed by atoms with Crippen LogP contribution in [0.4, 0.5) is 0 Å². The Hall–Kier alpha value is -1.92. The number of benzene rings is 1. The molecule has 1 rings (SSSR count). The van der Waals surface area contributed by atoms with Crippen LogP contribution in [0, 0.1) is 6.92 Å². The number of carboxylic acid groups (broad SMARTS) is 1. The lowest BCUT2D eigenvalue weighted by Gasteiger charge is -2.28. The molecule has 0 saturated carbocycles. The minimum Gasteiger partial charge on any atom is -0.481 e. The summed E-state index contributed by atoms with van der Waals surface area (Å²) < 4.78 is 26.7. The maximum atomic E-state index is 12.8. The van der Waals surface area contributed by atoms with E-state index in [0.29, 0.717) is 0 Å². The second-order valence-corrected chi connectivity index (χ2v) is 6.84. The Morgan fingerprint density at radius 3 is 2.32 bits per heavy atom. The summed E-state index contributed by atoms with van der Waals surface area (Å²) in [6.07, 6.45) is 2.94. The Balaban J connectivity index is 3.25. The van der Waals surface area contributed by atoms with Crippen LogP contribution in [0.25, 0.3) is 0 Å². The molecule has 0 aliphatic rings. The van der Waals surface area contributed by atoms with Crippen molar-refractivity contribution in [1.29, 1.82) is 0 Å². The first kappa shape index (κ1) is 18.1. The standard InChI is InChI=1S/C16H21NO4S/c1-4-6-14(12-16(18)19)17(11-5-2)22(20,21)15-9-7-13(3)8-10-15/h4-5,7-10,14H,1-2,6,11-12H2,3H3,(H,18,19). The fourth-order valence-electron chi connectivity index (χ4n) is 2.11. The first-order valence-corrected chi connectivity index (χ1v) is 8.29. The van der Waals surface area contributed by atoms with E-state index in [1.807, 2.05) is 6.92 Å². The molecule has 1 aromatic rings. The molecular weight excluding hydrogens is 302 g/mol. The second-order valence-electron chi connectivity index (χ2n) is 4.95. The van der Waals surface area contributed by atoms with Crippen molar-refractivity contribution in [3.05, 3.63) is 55.1 Å². The molecule has 5 nitrogen and oxygen atoms in total. The van der Waals surface area contributed by atoms with E-state index in [-0.39, 0.29) is 24.3 Å². The average molecular weight is 323 g/mol. The van der Waals surface area contributed by atoms with Gasteiger partial charge in [-0.05, 0) is 25.5 Å². The average Bonchev–Trinajstić information content (AvgIpc) is 2.44. The van der Waals surface area contributed by atoms with Gasteiger partial charge in [0.05, 0.1) is 11.3 Å². The highest BCUT2D eigenvalue weighted by Crippen LogP contribution is 2.22. The fraction of sp³-hybridized carbons (Fsp3) is 0.312. The van der Waals surface area contributed by atoms with E-state index in [0.717, 1.165) is 5.56 Å². The quantitative estimate of drug-likeness (QED) is 0.709. The zero-order chi connectivity index (χ0) is 16.8. The van der Waals surface area contributed by atoms with Gasteiger partial charge in [0.15, 0.2) is 0 Å². The summed E-state index contributed by atoms with van der Waals surface area (Å²) in [5.41, 5.74) is 0.947. The number of carbonyl (C=O) groups is 1. The molecule has 1 unspecified atom stereocenters. The van der Waals surface area contributed by atoms with Crippen LogP contribution < -0.4 is 0 Å². The number of aliphatic carboxylic acids is 1. The van der Waals surface area contributed by atoms with Gasteiger partial charge in [0.1, 0.15) is 0 Å². The molecule has 0 heterocycles. The van der Waals surface area contributed by atoms with Crippen LogP contribution in [-0.4, -0.2) is 36.4 Å². The minimum atomic E-state index is -3.80. The third-order valence-corrected chi connectivity index (χ3v) is 5.13. The molecule has 22 heavy (non-hydrogen) atoms. The summed E-state index contributed by atoms with van der Waals surface area (Å²) in [7, 11) is -3.80. The second kappa shape index (κ2) is 7.91. The van der Waals surface area contributed by atoms with Crippen LogP contribution in [0.1, 0.15) is 18.4 Å². The molecule has 0 aromatic heterocycles. The molecule has 0 saturated heterocycles. The number of sulfonamides is 1. The highest BCUT2D eigenvalue weighted by molar-refractivity contribution is 7.89. The molecule has 0 fully saturated rings. The molecule has 0 amide bonds. The van der Waals surface area contributed by atoms with E-state index in [1.165, 1.54) is 28.6 Å². The third-order valence-electron chi connectivity index (χ3n) is 3.19. The first-order chi connectivity index (χ1) is 10.3. The number of carboxylic acids is 1. The van der Waals surface area contributed by atoms with Gasteiger partial charge in [0.2, 0.25) is 10.0 Å². The molecule has 120 valence electrons. The molecule has 0 radical (unpaired) electrons.